The van der Waals surface area contributed by atoms with Gasteiger partial charge in [0.2, 0.25) is 0 Å². The number of carbonyl (C=O) groups excluding carboxylic acids is 1. The molecular weight excluding hydrogens is 306 g/mol. The molecular formula is C17H17N5O2. The van der Waals surface area contributed by atoms with Crippen molar-refractivity contribution < 1.29 is 9.90 Å². The summed E-state index contributed by atoms with van der Waals surface area (Å²) >= 11 is 0. The van der Waals surface area contributed by atoms with E-state index in [1.165, 1.54) is 4.80 Å². The molecule has 2 aromatic heterocycles. The van der Waals surface area contributed by atoms with Crippen LogP contribution in [0.3, 0.4) is 0 Å². The number of hydrogen-bond acceptors (Lipinski definition) is 5. The van der Waals surface area contributed by atoms with Crippen molar-refractivity contribution in [2.75, 3.05) is 0 Å². The lowest BCUT2D eigenvalue weighted by Crippen LogP contribution is -2.25. The summed E-state index contributed by atoms with van der Waals surface area (Å²) in [5.74, 6) is -0.400. The zero-order valence-corrected chi connectivity index (χ0v) is 13.2. The van der Waals surface area contributed by atoms with Crippen LogP contribution in [0.1, 0.15) is 27.4 Å². The third-order valence-corrected chi connectivity index (χ3v) is 3.47. The largest absolute Gasteiger partial charge is 0.390 e. The van der Waals surface area contributed by atoms with Gasteiger partial charge in [-0.25, -0.2) is 0 Å². The van der Waals surface area contributed by atoms with Crippen LogP contribution in [0.15, 0.2) is 48.7 Å². The van der Waals surface area contributed by atoms with Gasteiger partial charge in [0.25, 0.3) is 5.91 Å². The van der Waals surface area contributed by atoms with Gasteiger partial charge >= 0.3 is 0 Å². The maximum Gasteiger partial charge on any atom is 0.274 e. The van der Waals surface area contributed by atoms with Gasteiger partial charge in [0.1, 0.15) is 5.69 Å². The van der Waals surface area contributed by atoms with E-state index in [-0.39, 0.29) is 24.5 Å². The standard InChI is InChI=1S/C17H17N5O2/c1-12-5-7-14(8-6-12)22-20-15(11-23)16(21-22)17(24)19-10-13-4-2-3-9-18-13/h2-9,23H,10-11H2,1H3,(H,19,24). The van der Waals surface area contributed by atoms with Gasteiger partial charge < -0.3 is 10.4 Å². The molecule has 0 bridgehead atoms. The van der Waals surface area contributed by atoms with Gasteiger partial charge in [-0.05, 0) is 31.2 Å². The van der Waals surface area contributed by atoms with Gasteiger partial charge in [0.05, 0.1) is 24.5 Å². The molecule has 0 unspecified atom stereocenters. The average molecular weight is 323 g/mol. The van der Waals surface area contributed by atoms with Crippen molar-refractivity contribution in [3.63, 3.8) is 0 Å². The fourth-order valence-electron chi connectivity index (χ4n) is 2.17. The van der Waals surface area contributed by atoms with Crippen LogP contribution >= 0.6 is 0 Å². The summed E-state index contributed by atoms with van der Waals surface area (Å²) in [5, 5.41) is 20.6. The Labute approximate surface area is 139 Å². The summed E-state index contributed by atoms with van der Waals surface area (Å²) in [7, 11) is 0. The number of rotatable bonds is 5. The number of aliphatic hydroxyl groups excluding tert-OH is 1. The molecule has 0 radical (unpaired) electrons. The molecule has 0 aliphatic carbocycles. The van der Waals surface area contributed by atoms with Crippen LogP contribution < -0.4 is 5.32 Å². The zero-order chi connectivity index (χ0) is 16.9. The van der Waals surface area contributed by atoms with E-state index in [4.69, 9.17) is 0 Å². The van der Waals surface area contributed by atoms with Crippen molar-refractivity contribution in [3.8, 4) is 5.69 Å². The number of nitrogens with one attached hydrogen (secondary N) is 1. The maximum absolute atomic E-state index is 12.3. The average Bonchev–Trinajstić information content (AvgIpc) is 3.05. The van der Waals surface area contributed by atoms with Gasteiger partial charge in [0, 0.05) is 6.20 Å². The van der Waals surface area contributed by atoms with E-state index in [9.17, 15) is 9.90 Å². The third-order valence-electron chi connectivity index (χ3n) is 3.47. The lowest BCUT2D eigenvalue weighted by Gasteiger charge is -2.03. The molecule has 0 spiro atoms. The van der Waals surface area contributed by atoms with E-state index in [0.29, 0.717) is 0 Å². The first kappa shape index (κ1) is 15.8. The van der Waals surface area contributed by atoms with Crippen LogP contribution in [-0.2, 0) is 13.2 Å². The minimum atomic E-state index is -0.400. The van der Waals surface area contributed by atoms with Gasteiger partial charge in [0.15, 0.2) is 5.69 Å². The first-order chi connectivity index (χ1) is 11.7. The fraction of sp³-hybridized carbons (Fsp3) is 0.176. The van der Waals surface area contributed by atoms with Crippen LogP contribution in [0.5, 0.6) is 0 Å². The Hall–Kier alpha value is -3.06. The molecule has 7 heteroatoms. The van der Waals surface area contributed by atoms with E-state index in [0.717, 1.165) is 16.9 Å². The number of benzene rings is 1. The molecule has 24 heavy (non-hydrogen) atoms. The Morgan fingerprint density at radius 3 is 2.62 bits per heavy atom. The Balaban J connectivity index is 1.79. The highest BCUT2D eigenvalue weighted by Crippen LogP contribution is 2.11. The van der Waals surface area contributed by atoms with E-state index < -0.39 is 5.91 Å². The molecule has 1 aromatic carbocycles. The van der Waals surface area contributed by atoms with Crippen LogP contribution in [0, 0.1) is 6.92 Å². The highest BCUT2D eigenvalue weighted by atomic mass is 16.3. The molecule has 3 rings (SSSR count). The normalized spacial score (nSPS) is 10.6. The van der Waals surface area contributed by atoms with E-state index >= 15 is 0 Å². The second-order valence-corrected chi connectivity index (χ2v) is 5.28. The smallest absolute Gasteiger partial charge is 0.274 e. The molecule has 0 saturated carbocycles. The zero-order valence-electron chi connectivity index (χ0n) is 13.2. The summed E-state index contributed by atoms with van der Waals surface area (Å²) in [4.78, 5) is 17.8. The number of aromatic nitrogens is 4. The highest BCUT2D eigenvalue weighted by molar-refractivity contribution is 5.93. The quantitative estimate of drug-likeness (QED) is 0.740. The van der Waals surface area contributed by atoms with Crippen molar-refractivity contribution in [1.29, 1.82) is 0 Å². The predicted molar refractivity (Wildman–Crippen MR) is 87.4 cm³/mol. The molecule has 0 aliphatic heterocycles. The van der Waals surface area contributed by atoms with Crippen molar-refractivity contribution >= 4 is 5.91 Å². The van der Waals surface area contributed by atoms with Crippen molar-refractivity contribution in [3.05, 3.63) is 71.3 Å². The maximum atomic E-state index is 12.3. The first-order valence-corrected chi connectivity index (χ1v) is 7.49. The van der Waals surface area contributed by atoms with Crippen LogP contribution in [0.4, 0.5) is 0 Å². The number of hydrogen-bond donors (Lipinski definition) is 2. The lowest BCUT2D eigenvalue weighted by molar-refractivity contribution is 0.0942. The molecule has 0 saturated heterocycles. The Morgan fingerprint density at radius 2 is 1.96 bits per heavy atom. The second-order valence-electron chi connectivity index (χ2n) is 5.28. The first-order valence-electron chi connectivity index (χ1n) is 7.49. The van der Waals surface area contributed by atoms with Gasteiger partial charge in [-0.15, -0.1) is 10.2 Å². The summed E-state index contributed by atoms with van der Waals surface area (Å²) in [6, 6.07) is 13.0. The van der Waals surface area contributed by atoms with Crippen LogP contribution in [0.2, 0.25) is 0 Å². The minimum Gasteiger partial charge on any atom is -0.390 e. The SMILES string of the molecule is Cc1ccc(-n2nc(CO)c(C(=O)NCc3ccccn3)n2)cc1. The predicted octanol–water partition coefficient (Wildman–Crippen LogP) is 1.39. The summed E-state index contributed by atoms with van der Waals surface area (Å²) in [6.07, 6.45) is 1.66. The van der Waals surface area contributed by atoms with Gasteiger partial charge in [-0.2, -0.15) is 4.80 Å². The summed E-state index contributed by atoms with van der Waals surface area (Å²) < 4.78 is 0. The van der Waals surface area contributed by atoms with Crippen LogP contribution in [-0.4, -0.2) is 31.0 Å². The van der Waals surface area contributed by atoms with Crippen molar-refractivity contribution in [2.24, 2.45) is 0 Å². The molecule has 2 N–H and O–H groups in total. The number of pyridine rings is 1. The summed E-state index contributed by atoms with van der Waals surface area (Å²) in [5.41, 5.74) is 2.91. The molecule has 0 fully saturated rings. The molecule has 2 heterocycles. The number of carbonyl (C=O) groups is 1. The minimum absolute atomic E-state index is 0.106. The van der Waals surface area contributed by atoms with Crippen molar-refractivity contribution in [2.45, 2.75) is 20.1 Å². The fourth-order valence-corrected chi connectivity index (χ4v) is 2.17. The molecule has 0 aliphatic rings. The van der Waals surface area contributed by atoms with Gasteiger partial charge in [-0.3, -0.25) is 9.78 Å². The molecule has 3 aromatic rings. The van der Waals surface area contributed by atoms with Gasteiger partial charge in [-0.1, -0.05) is 23.8 Å². The Morgan fingerprint density at radius 1 is 1.17 bits per heavy atom. The number of amides is 1. The topological polar surface area (TPSA) is 92.9 Å². The number of aryl methyl sites for hydroxylation is 1. The number of nitrogens with zero attached hydrogens (tertiary/aromatic N) is 4. The van der Waals surface area contributed by atoms with E-state index in [1.54, 1.807) is 6.20 Å². The highest BCUT2D eigenvalue weighted by Gasteiger charge is 2.18. The number of aliphatic hydroxyl groups is 1. The monoisotopic (exact) mass is 323 g/mol. The molecule has 1 amide bonds. The molecule has 122 valence electrons. The third kappa shape index (κ3) is 3.47. The molecule has 0 atom stereocenters. The van der Waals surface area contributed by atoms with E-state index in [2.05, 4.69) is 20.5 Å². The van der Waals surface area contributed by atoms with Crippen molar-refractivity contribution in [1.82, 2.24) is 25.3 Å². The van der Waals surface area contributed by atoms with Crippen LogP contribution in [0.25, 0.3) is 5.69 Å². The lowest BCUT2D eigenvalue weighted by atomic mass is 10.2. The summed E-state index contributed by atoms with van der Waals surface area (Å²) in [6.45, 7) is 1.90. The molecule has 7 nitrogen and oxygen atoms in total. The van der Waals surface area contributed by atoms with E-state index in [1.807, 2.05) is 49.4 Å². The Bertz CT molecular complexity index is 828. The Kier molecular flexibility index (Phi) is 4.62. The second kappa shape index (κ2) is 7.01.